The highest BCUT2D eigenvalue weighted by Gasteiger charge is 2.17. The fraction of sp³-hybridized carbons (Fsp3) is 0.231. The van der Waals surface area contributed by atoms with Crippen molar-refractivity contribution in [2.45, 2.75) is 19.9 Å². The van der Waals surface area contributed by atoms with Crippen LogP contribution in [0.15, 0.2) is 30.1 Å². The maximum absolute atomic E-state index is 6.14. The molecule has 3 nitrogen and oxygen atoms in total. The second-order valence-corrected chi connectivity index (χ2v) is 4.67. The van der Waals surface area contributed by atoms with E-state index >= 15 is 0 Å². The van der Waals surface area contributed by atoms with Gasteiger partial charge in [0.2, 0.25) is 0 Å². The van der Waals surface area contributed by atoms with Crippen LogP contribution in [-0.4, -0.2) is 14.8 Å². The Balaban J connectivity index is 1.89. The number of aromatic nitrogens is 3. The van der Waals surface area contributed by atoms with Gasteiger partial charge in [0.1, 0.15) is 5.15 Å². The quantitative estimate of drug-likeness (QED) is 0.762. The Labute approximate surface area is 105 Å². The van der Waals surface area contributed by atoms with Crippen LogP contribution in [0, 0.1) is 6.92 Å². The number of nitrogens with zero attached hydrogens (tertiary/aromatic N) is 3. The number of fused-ring (bicyclic) bond motifs is 1. The Hall–Kier alpha value is -1.61. The van der Waals surface area contributed by atoms with Gasteiger partial charge in [-0.2, -0.15) is 5.10 Å². The summed E-state index contributed by atoms with van der Waals surface area (Å²) in [5, 5.41) is 4.82. The van der Waals surface area contributed by atoms with Crippen LogP contribution < -0.4 is 0 Å². The summed E-state index contributed by atoms with van der Waals surface area (Å²) in [6.45, 7) is 2.79. The molecule has 0 amide bonds. The highest BCUT2D eigenvalue weighted by molar-refractivity contribution is 6.31. The zero-order chi connectivity index (χ0) is 11.8. The molecule has 2 aromatic heterocycles. The first kappa shape index (κ1) is 10.5. The van der Waals surface area contributed by atoms with Crippen molar-refractivity contribution >= 4 is 17.7 Å². The lowest BCUT2D eigenvalue weighted by Crippen LogP contribution is -2.01. The third-order valence-corrected chi connectivity index (χ3v) is 3.20. The summed E-state index contributed by atoms with van der Waals surface area (Å²) in [6, 6.07) is 4.04. The largest absolute Gasteiger partial charge is 0.269 e. The minimum atomic E-state index is 0.607. The van der Waals surface area contributed by atoms with Crippen molar-refractivity contribution in [3.8, 4) is 0 Å². The van der Waals surface area contributed by atoms with Gasteiger partial charge in [-0.15, -0.1) is 0 Å². The molecule has 0 aliphatic heterocycles. The smallest absolute Gasteiger partial charge is 0.136 e. The van der Waals surface area contributed by atoms with Crippen LogP contribution in [0.5, 0.6) is 0 Å². The second-order valence-electron chi connectivity index (χ2n) is 4.31. The molecule has 0 fully saturated rings. The van der Waals surface area contributed by atoms with Gasteiger partial charge in [0, 0.05) is 23.7 Å². The molecular weight excluding hydrogens is 234 g/mol. The predicted octanol–water partition coefficient (Wildman–Crippen LogP) is 2.88. The zero-order valence-electron chi connectivity index (χ0n) is 9.52. The molecule has 0 radical (unpaired) electrons. The number of halogens is 1. The summed E-state index contributed by atoms with van der Waals surface area (Å²) in [5.74, 6) is 0. The van der Waals surface area contributed by atoms with E-state index in [1.54, 1.807) is 6.20 Å². The van der Waals surface area contributed by atoms with Crippen molar-refractivity contribution in [2.24, 2.45) is 0 Å². The van der Waals surface area contributed by atoms with Crippen molar-refractivity contribution in [3.05, 3.63) is 52.1 Å². The molecule has 3 rings (SSSR count). The van der Waals surface area contributed by atoms with Crippen LogP contribution in [0.25, 0.3) is 6.08 Å². The molecule has 1 aliphatic carbocycles. The topological polar surface area (TPSA) is 30.7 Å². The van der Waals surface area contributed by atoms with Crippen molar-refractivity contribution < 1.29 is 0 Å². The van der Waals surface area contributed by atoms with Gasteiger partial charge in [0.25, 0.3) is 0 Å². The molecule has 0 N–H and O–H groups in total. The Kier molecular flexibility index (Phi) is 2.48. The number of hydrogen-bond acceptors (Lipinski definition) is 2. The summed E-state index contributed by atoms with van der Waals surface area (Å²) in [6.07, 6.45) is 6.83. The normalized spacial score (nSPS) is 13.6. The molecule has 0 atom stereocenters. The van der Waals surface area contributed by atoms with Crippen molar-refractivity contribution in [1.29, 1.82) is 0 Å². The molecule has 0 bridgehead atoms. The minimum Gasteiger partial charge on any atom is -0.269 e. The number of aryl methyl sites for hydroxylation is 1. The van der Waals surface area contributed by atoms with Gasteiger partial charge in [-0.3, -0.25) is 4.68 Å². The lowest BCUT2D eigenvalue weighted by Gasteiger charge is -2.03. The maximum atomic E-state index is 6.14. The molecular formula is C13H12ClN3. The van der Waals surface area contributed by atoms with E-state index in [1.165, 1.54) is 11.1 Å². The van der Waals surface area contributed by atoms with Crippen LogP contribution in [0.3, 0.4) is 0 Å². The number of hydrogen-bond donors (Lipinski definition) is 0. The van der Waals surface area contributed by atoms with E-state index in [1.807, 2.05) is 23.9 Å². The molecule has 1 aliphatic rings. The monoisotopic (exact) mass is 245 g/mol. The molecule has 4 heteroatoms. The van der Waals surface area contributed by atoms with Gasteiger partial charge in [-0.1, -0.05) is 17.7 Å². The fourth-order valence-electron chi connectivity index (χ4n) is 2.21. The molecule has 0 saturated heterocycles. The standard InChI is InChI=1S/C13H12ClN3/c1-9-5-11-6-10(7-12(11)13(14)16-9)8-17-4-2-3-15-17/h2-5,7H,6,8H2,1H3. The van der Waals surface area contributed by atoms with E-state index in [4.69, 9.17) is 11.6 Å². The second kappa shape index (κ2) is 4.00. The van der Waals surface area contributed by atoms with Gasteiger partial charge in [-0.05, 0) is 36.6 Å². The van der Waals surface area contributed by atoms with Gasteiger partial charge in [-0.25, -0.2) is 4.98 Å². The first-order chi connectivity index (χ1) is 8.22. The Morgan fingerprint density at radius 1 is 1.47 bits per heavy atom. The van der Waals surface area contributed by atoms with Crippen LogP contribution in [0.2, 0.25) is 5.15 Å². The lowest BCUT2D eigenvalue weighted by molar-refractivity contribution is 0.672. The molecule has 17 heavy (non-hydrogen) atoms. The molecule has 2 aromatic rings. The summed E-state index contributed by atoms with van der Waals surface area (Å²) in [4.78, 5) is 4.28. The molecule has 86 valence electrons. The summed E-state index contributed by atoms with van der Waals surface area (Å²) in [7, 11) is 0. The SMILES string of the molecule is Cc1cc2c(c(Cl)n1)C=C(Cn1cccn1)C2. The first-order valence-corrected chi connectivity index (χ1v) is 5.93. The molecule has 0 saturated carbocycles. The summed E-state index contributed by atoms with van der Waals surface area (Å²) < 4.78 is 1.92. The van der Waals surface area contributed by atoms with Crippen LogP contribution in [0.4, 0.5) is 0 Å². The lowest BCUT2D eigenvalue weighted by atomic mass is 10.1. The first-order valence-electron chi connectivity index (χ1n) is 5.55. The van der Waals surface area contributed by atoms with Crippen LogP contribution >= 0.6 is 11.6 Å². The van der Waals surface area contributed by atoms with Crippen molar-refractivity contribution in [3.63, 3.8) is 0 Å². The number of pyridine rings is 1. The molecule has 0 spiro atoms. The van der Waals surface area contributed by atoms with E-state index in [2.05, 4.69) is 22.2 Å². The molecule has 0 unspecified atom stereocenters. The third-order valence-electron chi connectivity index (χ3n) is 2.92. The molecule has 2 heterocycles. The Morgan fingerprint density at radius 3 is 3.12 bits per heavy atom. The zero-order valence-corrected chi connectivity index (χ0v) is 10.3. The van der Waals surface area contributed by atoms with Crippen LogP contribution in [-0.2, 0) is 13.0 Å². The van der Waals surface area contributed by atoms with Crippen LogP contribution in [0.1, 0.15) is 16.8 Å². The van der Waals surface area contributed by atoms with E-state index in [9.17, 15) is 0 Å². The predicted molar refractivity (Wildman–Crippen MR) is 67.9 cm³/mol. The van der Waals surface area contributed by atoms with E-state index < -0.39 is 0 Å². The minimum absolute atomic E-state index is 0.607. The van der Waals surface area contributed by atoms with E-state index in [0.717, 1.165) is 24.2 Å². The van der Waals surface area contributed by atoms with Gasteiger partial charge in [0.05, 0.1) is 6.54 Å². The fourth-order valence-corrected chi connectivity index (χ4v) is 2.52. The Morgan fingerprint density at radius 2 is 2.35 bits per heavy atom. The van der Waals surface area contributed by atoms with E-state index in [0.29, 0.717) is 5.15 Å². The number of rotatable bonds is 2. The average molecular weight is 246 g/mol. The van der Waals surface area contributed by atoms with Crippen molar-refractivity contribution in [2.75, 3.05) is 0 Å². The summed E-state index contributed by atoms with van der Waals surface area (Å²) >= 11 is 6.14. The van der Waals surface area contributed by atoms with Crippen molar-refractivity contribution in [1.82, 2.24) is 14.8 Å². The van der Waals surface area contributed by atoms with E-state index in [-0.39, 0.29) is 0 Å². The van der Waals surface area contributed by atoms with Gasteiger partial charge in [0.15, 0.2) is 0 Å². The van der Waals surface area contributed by atoms with Gasteiger partial charge < -0.3 is 0 Å². The van der Waals surface area contributed by atoms with Gasteiger partial charge >= 0.3 is 0 Å². The highest BCUT2D eigenvalue weighted by atomic mass is 35.5. The third kappa shape index (κ3) is 1.98. The summed E-state index contributed by atoms with van der Waals surface area (Å²) in [5.41, 5.74) is 4.63. The molecule has 0 aromatic carbocycles. The maximum Gasteiger partial charge on any atom is 0.136 e. The highest BCUT2D eigenvalue weighted by Crippen LogP contribution is 2.30. The average Bonchev–Trinajstić information content (AvgIpc) is 2.87. The number of allylic oxidation sites excluding steroid dienone is 1. The Bertz CT molecular complexity index is 585.